The maximum absolute atomic E-state index is 15.4. The number of aryl methyl sites for hydroxylation is 4. The molecule has 0 aliphatic carbocycles. The number of hydrogen-bond acceptors (Lipinski definition) is 5. The molecule has 7 nitrogen and oxygen atoms in total. The molecule has 3 aromatic heterocycles. The van der Waals surface area contributed by atoms with Gasteiger partial charge in [0.05, 0.1) is 11.4 Å². The Morgan fingerprint density at radius 1 is 1.16 bits per heavy atom. The molecule has 4 aromatic rings. The van der Waals surface area contributed by atoms with Gasteiger partial charge in [-0.1, -0.05) is 18.1 Å². The number of rotatable bonds is 4. The summed E-state index contributed by atoms with van der Waals surface area (Å²) in [6.07, 6.45) is 8.92. The maximum atomic E-state index is 15.4. The van der Waals surface area contributed by atoms with Gasteiger partial charge >= 0.3 is 6.02 Å². The second kappa shape index (κ2) is 10.2. The molecule has 0 amide bonds. The third kappa shape index (κ3) is 4.64. The number of hydrogen-bond donors (Lipinski definition) is 0. The number of halogens is 1. The number of amidine groups is 1. The predicted molar refractivity (Wildman–Crippen MR) is 146 cm³/mol. The molecule has 0 unspecified atom stereocenters. The van der Waals surface area contributed by atoms with Crippen molar-refractivity contribution in [2.45, 2.75) is 34.6 Å². The van der Waals surface area contributed by atoms with Crippen LogP contribution in [0, 0.1) is 38.9 Å². The molecule has 186 valence electrons. The number of aromatic nitrogens is 4. The summed E-state index contributed by atoms with van der Waals surface area (Å²) in [5.41, 5.74) is 7.64. The Morgan fingerprint density at radius 2 is 1.92 bits per heavy atom. The van der Waals surface area contributed by atoms with Crippen molar-refractivity contribution in [1.29, 1.82) is 0 Å². The topological polar surface area (TPSA) is 77.5 Å². The number of nitrogens with zero attached hydrogens (tertiary/aromatic N) is 6. The van der Waals surface area contributed by atoms with E-state index in [2.05, 4.69) is 37.6 Å². The number of allylic oxidation sites excluding steroid dienone is 2. The first-order chi connectivity index (χ1) is 17.7. The van der Waals surface area contributed by atoms with E-state index in [9.17, 15) is 0 Å². The van der Waals surface area contributed by atoms with Crippen molar-refractivity contribution < 1.29 is 9.13 Å². The lowest BCUT2D eigenvalue weighted by Crippen LogP contribution is -2.06. The van der Waals surface area contributed by atoms with Crippen LogP contribution in [-0.2, 0) is 7.05 Å². The van der Waals surface area contributed by atoms with Crippen molar-refractivity contribution in [3.05, 3.63) is 70.8 Å². The summed E-state index contributed by atoms with van der Waals surface area (Å²) in [5.74, 6) is 2.02. The second-order valence-electron chi connectivity index (χ2n) is 8.60. The van der Waals surface area contributed by atoms with E-state index in [1.165, 1.54) is 12.4 Å². The fraction of sp³-hybridized carbons (Fsp3) is 0.207. The van der Waals surface area contributed by atoms with Crippen molar-refractivity contribution in [3.8, 4) is 40.5 Å². The van der Waals surface area contributed by atoms with Gasteiger partial charge in [-0.25, -0.2) is 29.3 Å². The molecule has 0 bridgehead atoms. The van der Waals surface area contributed by atoms with Crippen LogP contribution in [-0.4, -0.2) is 32.3 Å². The average molecular weight is 495 g/mol. The van der Waals surface area contributed by atoms with Crippen LogP contribution in [0.25, 0.3) is 33.4 Å². The van der Waals surface area contributed by atoms with E-state index in [0.29, 0.717) is 17.0 Å². The lowest BCUT2D eigenvalue weighted by molar-refractivity contribution is 0.486. The van der Waals surface area contributed by atoms with E-state index in [1.54, 1.807) is 25.1 Å². The minimum atomic E-state index is -0.571. The molecule has 4 rings (SSSR count). The van der Waals surface area contributed by atoms with Gasteiger partial charge in [0.1, 0.15) is 17.7 Å². The molecule has 0 saturated carbocycles. The first-order valence-electron chi connectivity index (χ1n) is 11.6. The molecule has 1 aromatic carbocycles. The average Bonchev–Trinajstić information content (AvgIpc) is 3.17. The molecule has 0 aliphatic rings. The normalized spacial score (nSPS) is 12.1. The van der Waals surface area contributed by atoms with E-state index in [4.69, 9.17) is 11.2 Å². The van der Waals surface area contributed by atoms with E-state index in [0.717, 1.165) is 44.8 Å². The second-order valence-corrected chi connectivity index (χ2v) is 8.60. The zero-order chi connectivity index (χ0) is 26.9. The lowest BCUT2D eigenvalue weighted by atomic mass is 9.94. The van der Waals surface area contributed by atoms with Crippen LogP contribution in [0.3, 0.4) is 0 Å². The molecular weight excluding hydrogens is 467 g/mol. The van der Waals surface area contributed by atoms with Crippen LogP contribution in [0.4, 0.5) is 4.39 Å². The van der Waals surface area contributed by atoms with Crippen LogP contribution >= 0.6 is 0 Å². The zero-order valence-corrected chi connectivity index (χ0v) is 21.7. The van der Waals surface area contributed by atoms with Crippen LogP contribution in [0.5, 0.6) is 5.75 Å². The molecule has 0 N–H and O–H groups in total. The largest absolute Gasteiger partial charge is 0.421 e. The van der Waals surface area contributed by atoms with Crippen molar-refractivity contribution in [3.63, 3.8) is 0 Å². The van der Waals surface area contributed by atoms with Gasteiger partial charge < -0.3 is 9.30 Å². The van der Waals surface area contributed by atoms with Crippen LogP contribution < -0.4 is 4.74 Å². The number of pyridine rings is 1. The highest BCUT2D eigenvalue weighted by atomic mass is 19.1. The Bertz CT molecular complexity index is 1630. The van der Waals surface area contributed by atoms with Gasteiger partial charge in [-0.15, -0.1) is 6.42 Å². The van der Waals surface area contributed by atoms with Crippen LogP contribution in [0.1, 0.15) is 36.5 Å². The van der Waals surface area contributed by atoms with Gasteiger partial charge in [-0.2, -0.15) is 0 Å². The summed E-state index contributed by atoms with van der Waals surface area (Å²) in [7, 11) is 1.93. The summed E-state index contributed by atoms with van der Waals surface area (Å²) in [6.45, 7) is 12.9. The molecule has 0 radical (unpaired) electrons. The van der Waals surface area contributed by atoms with Crippen molar-refractivity contribution in [1.82, 2.24) is 19.5 Å². The fourth-order valence-electron chi connectivity index (χ4n) is 4.38. The summed E-state index contributed by atoms with van der Waals surface area (Å²) in [6, 6.07) is 6.60. The van der Waals surface area contributed by atoms with Crippen LogP contribution in [0.15, 0.2) is 52.4 Å². The van der Waals surface area contributed by atoms with Crippen molar-refractivity contribution in [2.75, 3.05) is 0 Å². The Morgan fingerprint density at radius 3 is 2.54 bits per heavy atom. The number of benzene rings is 1. The maximum Gasteiger partial charge on any atom is 0.321 e. The van der Waals surface area contributed by atoms with Crippen molar-refractivity contribution >= 4 is 23.8 Å². The number of ether oxygens (including phenoxy) is 1. The quantitative estimate of drug-likeness (QED) is 0.195. The summed E-state index contributed by atoms with van der Waals surface area (Å²) in [4.78, 5) is 21.5. The SMILES string of the molecule is C#Cc1cc(C)c(-c2c(-c3ccc(O/C(N=C)=N/C(C)=C\C)c(F)c3)c3c(C)ncnc3n2C)c(C)n1. The van der Waals surface area contributed by atoms with Gasteiger partial charge in [0.25, 0.3) is 0 Å². The van der Waals surface area contributed by atoms with Gasteiger partial charge in [-0.3, -0.25) is 0 Å². The summed E-state index contributed by atoms with van der Waals surface area (Å²) < 4.78 is 23.0. The molecule has 0 spiro atoms. The van der Waals surface area contributed by atoms with E-state index in [-0.39, 0.29) is 11.8 Å². The fourth-order valence-corrected chi connectivity index (χ4v) is 4.38. The van der Waals surface area contributed by atoms with E-state index < -0.39 is 5.82 Å². The van der Waals surface area contributed by atoms with Crippen molar-refractivity contribution in [2.24, 2.45) is 17.0 Å². The molecule has 0 aliphatic heterocycles. The third-order valence-electron chi connectivity index (χ3n) is 6.19. The smallest absolute Gasteiger partial charge is 0.321 e. The predicted octanol–water partition coefficient (Wildman–Crippen LogP) is 6.10. The number of aliphatic imine (C=N–C) groups is 2. The first kappa shape index (κ1) is 25.5. The highest BCUT2D eigenvalue weighted by molar-refractivity contribution is 6.05. The number of terminal acetylenes is 1. The van der Waals surface area contributed by atoms with Gasteiger partial charge in [0.2, 0.25) is 0 Å². The van der Waals surface area contributed by atoms with Gasteiger partial charge in [0.15, 0.2) is 11.6 Å². The zero-order valence-electron chi connectivity index (χ0n) is 21.7. The summed E-state index contributed by atoms with van der Waals surface area (Å²) >= 11 is 0. The minimum Gasteiger partial charge on any atom is -0.421 e. The highest BCUT2D eigenvalue weighted by Gasteiger charge is 2.25. The lowest BCUT2D eigenvalue weighted by Gasteiger charge is -2.15. The Kier molecular flexibility index (Phi) is 6.98. The Hall–Kier alpha value is -4.64. The Labute approximate surface area is 215 Å². The molecule has 37 heavy (non-hydrogen) atoms. The molecule has 0 atom stereocenters. The van der Waals surface area contributed by atoms with Gasteiger partial charge in [0, 0.05) is 35.0 Å². The molecule has 0 fully saturated rings. The minimum absolute atomic E-state index is 0.0130. The van der Waals surface area contributed by atoms with E-state index in [1.807, 2.05) is 45.4 Å². The first-order valence-corrected chi connectivity index (χ1v) is 11.6. The molecule has 8 heteroatoms. The van der Waals surface area contributed by atoms with Crippen LogP contribution in [0.2, 0.25) is 0 Å². The number of fused-ring (bicyclic) bond motifs is 1. The Balaban J connectivity index is 1.97. The monoisotopic (exact) mass is 494 g/mol. The molecule has 3 heterocycles. The standard InChI is InChI=1S/C29H27FN6O/c1-9-17(4)34-29(31-7)37-23-12-11-20(14-22(23)30)26-25-18(5)32-15-33-28(25)36(8)27(26)24-16(3)13-21(10-2)35-19(24)6/h2,9,11-15H,7H2,1,3-6,8H3/b17-9-,34-29+. The molecular formula is C29H27FN6O. The molecule has 0 saturated heterocycles. The third-order valence-corrected chi connectivity index (χ3v) is 6.19. The highest BCUT2D eigenvalue weighted by Crippen LogP contribution is 2.43. The van der Waals surface area contributed by atoms with Gasteiger partial charge in [-0.05, 0) is 70.7 Å². The van der Waals surface area contributed by atoms with E-state index >= 15 is 4.39 Å². The summed E-state index contributed by atoms with van der Waals surface area (Å²) in [5, 5.41) is 0.826.